The Bertz CT molecular complexity index is 798. The first-order valence-corrected chi connectivity index (χ1v) is 9.22. The second-order valence-electron chi connectivity index (χ2n) is 6.93. The molecule has 1 N–H and O–H groups in total. The summed E-state index contributed by atoms with van der Waals surface area (Å²) in [5.41, 5.74) is 3.10. The zero-order chi connectivity index (χ0) is 17.9. The fourth-order valence-corrected chi connectivity index (χ4v) is 3.84. The van der Waals surface area contributed by atoms with Crippen LogP contribution in [0.4, 0.5) is 16.2 Å². The van der Waals surface area contributed by atoms with Crippen molar-refractivity contribution >= 4 is 23.3 Å². The van der Waals surface area contributed by atoms with E-state index >= 15 is 0 Å². The Balaban J connectivity index is 1.34. The van der Waals surface area contributed by atoms with Gasteiger partial charge in [-0.25, -0.2) is 4.79 Å². The van der Waals surface area contributed by atoms with E-state index in [0.29, 0.717) is 13.1 Å². The van der Waals surface area contributed by atoms with E-state index < -0.39 is 0 Å². The van der Waals surface area contributed by atoms with Gasteiger partial charge in [-0.2, -0.15) is 0 Å². The number of rotatable bonds is 2. The maximum Gasteiger partial charge on any atom is 0.321 e. The molecule has 26 heavy (non-hydrogen) atoms. The third-order valence-corrected chi connectivity index (χ3v) is 5.31. The second-order valence-corrected chi connectivity index (χ2v) is 6.93. The first kappa shape index (κ1) is 16.6. The van der Waals surface area contributed by atoms with Crippen LogP contribution in [-0.2, 0) is 11.2 Å². The number of urea groups is 1. The summed E-state index contributed by atoms with van der Waals surface area (Å²) in [5.74, 6) is 0.208. The van der Waals surface area contributed by atoms with Gasteiger partial charge >= 0.3 is 6.03 Å². The summed E-state index contributed by atoms with van der Waals surface area (Å²) in [6.07, 6.45) is 2.37. The number of carbonyl (C=O) groups is 2. The number of piperidine rings is 1. The van der Waals surface area contributed by atoms with Crippen LogP contribution >= 0.6 is 0 Å². The van der Waals surface area contributed by atoms with Crippen LogP contribution in [0.5, 0.6) is 0 Å². The molecule has 134 valence electrons. The quantitative estimate of drug-likeness (QED) is 0.902. The molecule has 0 atom stereocenters. The zero-order valence-electron chi connectivity index (χ0n) is 14.7. The van der Waals surface area contributed by atoms with E-state index in [0.717, 1.165) is 37.2 Å². The Morgan fingerprint density at radius 2 is 1.58 bits per heavy atom. The predicted molar refractivity (Wildman–Crippen MR) is 102 cm³/mol. The highest BCUT2D eigenvalue weighted by atomic mass is 16.2. The molecule has 1 fully saturated rings. The number of benzene rings is 2. The average Bonchev–Trinajstić information content (AvgIpc) is 3.12. The lowest BCUT2D eigenvalue weighted by Gasteiger charge is -2.33. The van der Waals surface area contributed by atoms with Crippen LogP contribution in [0.2, 0.25) is 0 Å². The minimum Gasteiger partial charge on any atom is -0.324 e. The number of fused-ring (bicyclic) bond motifs is 1. The van der Waals surface area contributed by atoms with Gasteiger partial charge < -0.3 is 15.1 Å². The molecule has 2 aromatic rings. The van der Waals surface area contributed by atoms with Crippen molar-refractivity contribution in [2.24, 2.45) is 5.92 Å². The molecular weight excluding hydrogens is 326 g/mol. The molecule has 0 aromatic heterocycles. The molecule has 1 saturated heterocycles. The highest BCUT2D eigenvalue weighted by Gasteiger charge is 2.33. The molecular formula is C21H23N3O2. The molecule has 2 aromatic carbocycles. The third-order valence-electron chi connectivity index (χ3n) is 5.31. The van der Waals surface area contributed by atoms with E-state index in [-0.39, 0.29) is 17.9 Å². The van der Waals surface area contributed by atoms with Gasteiger partial charge in [0.05, 0.1) is 0 Å². The van der Waals surface area contributed by atoms with Gasteiger partial charge in [-0.15, -0.1) is 0 Å². The van der Waals surface area contributed by atoms with Gasteiger partial charge in [-0.3, -0.25) is 4.79 Å². The van der Waals surface area contributed by atoms with Crippen molar-refractivity contribution in [1.29, 1.82) is 0 Å². The summed E-state index contributed by atoms with van der Waals surface area (Å²) >= 11 is 0. The Morgan fingerprint density at radius 1 is 0.885 bits per heavy atom. The molecule has 0 bridgehead atoms. The van der Waals surface area contributed by atoms with Crippen LogP contribution in [0.1, 0.15) is 18.4 Å². The van der Waals surface area contributed by atoms with Gasteiger partial charge in [0.1, 0.15) is 0 Å². The minimum atomic E-state index is -0.0892. The Morgan fingerprint density at radius 3 is 2.35 bits per heavy atom. The molecule has 4 rings (SSSR count). The van der Waals surface area contributed by atoms with E-state index in [1.54, 1.807) is 4.90 Å². The summed E-state index contributed by atoms with van der Waals surface area (Å²) in [6, 6.07) is 17.5. The molecule has 0 spiro atoms. The molecule has 0 unspecified atom stereocenters. The number of nitrogens with zero attached hydrogens (tertiary/aromatic N) is 2. The Kier molecular flexibility index (Phi) is 4.61. The van der Waals surface area contributed by atoms with Crippen molar-refractivity contribution in [3.8, 4) is 0 Å². The van der Waals surface area contributed by atoms with Crippen LogP contribution in [0.3, 0.4) is 0 Å². The molecule has 0 radical (unpaired) electrons. The fourth-order valence-electron chi connectivity index (χ4n) is 3.84. The van der Waals surface area contributed by atoms with Crippen LogP contribution in [0, 0.1) is 5.92 Å². The summed E-state index contributed by atoms with van der Waals surface area (Å²) in [7, 11) is 0. The van der Waals surface area contributed by atoms with E-state index in [2.05, 4.69) is 11.4 Å². The molecule has 5 nitrogen and oxygen atoms in total. The smallest absolute Gasteiger partial charge is 0.321 e. The van der Waals surface area contributed by atoms with Gasteiger partial charge in [-0.1, -0.05) is 36.4 Å². The summed E-state index contributed by atoms with van der Waals surface area (Å²) < 4.78 is 0. The van der Waals surface area contributed by atoms with Gasteiger partial charge in [0.15, 0.2) is 0 Å². The number of amides is 3. The number of para-hydroxylation sites is 2. The number of anilines is 2. The number of hydrogen-bond acceptors (Lipinski definition) is 2. The first-order chi connectivity index (χ1) is 12.7. The Labute approximate surface area is 153 Å². The molecule has 2 heterocycles. The molecule has 0 saturated carbocycles. The highest BCUT2D eigenvalue weighted by Crippen LogP contribution is 2.31. The van der Waals surface area contributed by atoms with Gasteiger partial charge in [-0.05, 0) is 43.0 Å². The number of carbonyl (C=O) groups excluding carboxylic acids is 2. The zero-order valence-corrected chi connectivity index (χ0v) is 14.7. The first-order valence-electron chi connectivity index (χ1n) is 9.22. The van der Waals surface area contributed by atoms with Crippen LogP contribution in [-0.4, -0.2) is 36.5 Å². The van der Waals surface area contributed by atoms with Gasteiger partial charge in [0.25, 0.3) is 0 Å². The van der Waals surface area contributed by atoms with Crippen molar-refractivity contribution < 1.29 is 9.59 Å². The van der Waals surface area contributed by atoms with Crippen molar-refractivity contribution in [2.45, 2.75) is 19.3 Å². The van der Waals surface area contributed by atoms with E-state index in [9.17, 15) is 9.59 Å². The van der Waals surface area contributed by atoms with Crippen LogP contribution in [0.15, 0.2) is 54.6 Å². The van der Waals surface area contributed by atoms with Crippen molar-refractivity contribution in [1.82, 2.24) is 4.90 Å². The number of hydrogen-bond donors (Lipinski definition) is 1. The summed E-state index contributed by atoms with van der Waals surface area (Å²) in [4.78, 5) is 29.1. The van der Waals surface area contributed by atoms with E-state index in [1.807, 2.05) is 53.4 Å². The highest BCUT2D eigenvalue weighted by molar-refractivity contribution is 5.97. The largest absolute Gasteiger partial charge is 0.324 e. The normalized spacial score (nSPS) is 17.1. The molecule has 2 aliphatic heterocycles. The summed E-state index contributed by atoms with van der Waals surface area (Å²) in [6.45, 7) is 2.00. The molecule has 0 aliphatic carbocycles. The predicted octanol–water partition coefficient (Wildman–Crippen LogP) is 3.52. The Hall–Kier alpha value is -2.82. The fraction of sp³-hybridized carbons (Fsp3) is 0.333. The van der Waals surface area contributed by atoms with Crippen molar-refractivity contribution in [3.63, 3.8) is 0 Å². The molecule has 3 amide bonds. The maximum absolute atomic E-state index is 12.9. The third kappa shape index (κ3) is 3.29. The van der Waals surface area contributed by atoms with E-state index in [1.165, 1.54) is 5.56 Å². The maximum atomic E-state index is 12.9. The SMILES string of the molecule is O=C(Nc1ccccc1)N1CCC(C(=O)N2CCc3ccccc32)CC1. The van der Waals surface area contributed by atoms with Crippen LogP contribution < -0.4 is 10.2 Å². The lowest BCUT2D eigenvalue weighted by atomic mass is 9.95. The van der Waals surface area contributed by atoms with Crippen molar-refractivity contribution in [3.05, 3.63) is 60.2 Å². The standard InChI is InChI=1S/C21H23N3O2/c25-20(24-15-12-16-6-4-5-9-19(16)24)17-10-13-23(14-11-17)21(26)22-18-7-2-1-3-8-18/h1-9,17H,10-15H2,(H,22,26). The summed E-state index contributed by atoms with van der Waals surface area (Å²) in [5, 5.41) is 2.92. The second kappa shape index (κ2) is 7.20. The minimum absolute atomic E-state index is 0.00179. The lowest BCUT2D eigenvalue weighted by Crippen LogP contribution is -2.45. The monoisotopic (exact) mass is 349 g/mol. The topological polar surface area (TPSA) is 52.7 Å². The van der Waals surface area contributed by atoms with Gasteiger partial charge in [0.2, 0.25) is 5.91 Å². The number of nitrogens with one attached hydrogen (secondary N) is 1. The van der Waals surface area contributed by atoms with Gasteiger partial charge in [0, 0.05) is 36.9 Å². The molecule has 5 heteroatoms. The van der Waals surface area contributed by atoms with Crippen molar-refractivity contribution in [2.75, 3.05) is 29.9 Å². The number of likely N-dealkylation sites (tertiary alicyclic amines) is 1. The average molecular weight is 349 g/mol. The van der Waals surface area contributed by atoms with Crippen LogP contribution in [0.25, 0.3) is 0 Å². The molecule has 2 aliphatic rings. The van der Waals surface area contributed by atoms with E-state index in [4.69, 9.17) is 0 Å². The lowest BCUT2D eigenvalue weighted by molar-refractivity contribution is -0.123.